The van der Waals surface area contributed by atoms with E-state index < -0.39 is 5.97 Å². The quantitative estimate of drug-likeness (QED) is 0.619. The van der Waals surface area contributed by atoms with Crippen molar-refractivity contribution in [3.05, 3.63) is 35.9 Å². The van der Waals surface area contributed by atoms with E-state index in [0.717, 1.165) is 50.9 Å². The molecule has 4 heteroatoms. The van der Waals surface area contributed by atoms with Crippen molar-refractivity contribution in [3.63, 3.8) is 0 Å². The Hall–Kier alpha value is -1.68. The van der Waals surface area contributed by atoms with Gasteiger partial charge in [0.05, 0.1) is 0 Å². The number of unbranched alkanes of at least 4 members (excludes halogenated alkanes) is 1. The molecule has 1 saturated heterocycles. The number of aliphatic carboxylic acids is 1. The number of carboxylic acids is 1. The van der Waals surface area contributed by atoms with Gasteiger partial charge in [0, 0.05) is 17.9 Å². The lowest BCUT2D eigenvalue weighted by molar-refractivity contribution is -0.137. The minimum absolute atomic E-state index is 0.141. The van der Waals surface area contributed by atoms with Crippen molar-refractivity contribution in [3.8, 4) is 0 Å². The molecule has 0 aromatic heterocycles. The fourth-order valence-electron chi connectivity index (χ4n) is 2.87. The molecule has 1 aliphatic heterocycles. The second-order valence-corrected chi connectivity index (χ2v) is 5.70. The molecule has 0 amide bonds. The Morgan fingerprint density at radius 1 is 1.10 bits per heavy atom. The van der Waals surface area contributed by atoms with Crippen molar-refractivity contribution in [2.24, 2.45) is 5.92 Å². The summed E-state index contributed by atoms with van der Waals surface area (Å²) < 4.78 is 0. The van der Waals surface area contributed by atoms with Crippen LogP contribution in [0.5, 0.6) is 0 Å². The minimum atomic E-state index is -0.720. The molecular formula is C17H23NO3. The van der Waals surface area contributed by atoms with Gasteiger partial charge in [0.1, 0.15) is 0 Å². The molecule has 0 unspecified atom stereocenters. The average molecular weight is 289 g/mol. The number of carbonyl (C=O) groups is 2. The van der Waals surface area contributed by atoms with Crippen molar-refractivity contribution in [1.82, 2.24) is 4.90 Å². The number of Topliss-reactive ketones (excluding diaryl/α,β-unsaturated/α-hetero) is 1. The Balaban J connectivity index is 1.71. The summed E-state index contributed by atoms with van der Waals surface area (Å²) in [6.07, 6.45) is 3.73. The summed E-state index contributed by atoms with van der Waals surface area (Å²) >= 11 is 0. The average Bonchev–Trinajstić information content (AvgIpc) is 2.52. The minimum Gasteiger partial charge on any atom is -0.481 e. The molecule has 1 aromatic rings. The van der Waals surface area contributed by atoms with Crippen molar-refractivity contribution >= 4 is 11.8 Å². The Kier molecular flexibility index (Phi) is 5.93. The first-order chi connectivity index (χ1) is 10.2. The first kappa shape index (κ1) is 15.7. The topological polar surface area (TPSA) is 57.6 Å². The fourth-order valence-corrected chi connectivity index (χ4v) is 2.87. The van der Waals surface area contributed by atoms with Crippen LogP contribution in [-0.4, -0.2) is 41.4 Å². The third-order valence-electron chi connectivity index (χ3n) is 4.13. The Bertz CT molecular complexity index is 464. The van der Waals surface area contributed by atoms with Crippen LogP contribution < -0.4 is 0 Å². The van der Waals surface area contributed by atoms with E-state index in [1.54, 1.807) is 0 Å². The normalized spacial score (nSPS) is 16.8. The highest BCUT2D eigenvalue weighted by molar-refractivity contribution is 5.97. The Morgan fingerprint density at radius 2 is 1.76 bits per heavy atom. The van der Waals surface area contributed by atoms with Gasteiger partial charge in [0.2, 0.25) is 0 Å². The highest BCUT2D eigenvalue weighted by atomic mass is 16.4. The Morgan fingerprint density at radius 3 is 2.38 bits per heavy atom. The molecule has 0 spiro atoms. The predicted molar refractivity (Wildman–Crippen MR) is 81.4 cm³/mol. The molecule has 0 bridgehead atoms. The molecule has 1 heterocycles. The summed E-state index contributed by atoms with van der Waals surface area (Å²) in [4.78, 5) is 25.2. The van der Waals surface area contributed by atoms with Crippen LogP contribution in [-0.2, 0) is 4.79 Å². The number of piperidine rings is 1. The van der Waals surface area contributed by atoms with Crippen LogP contribution in [0.1, 0.15) is 42.5 Å². The van der Waals surface area contributed by atoms with E-state index in [1.807, 2.05) is 30.3 Å². The van der Waals surface area contributed by atoms with Crippen LogP contribution in [0.3, 0.4) is 0 Å². The summed E-state index contributed by atoms with van der Waals surface area (Å²) in [7, 11) is 0. The summed E-state index contributed by atoms with van der Waals surface area (Å²) in [5.41, 5.74) is 0.817. The van der Waals surface area contributed by atoms with E-state index in [2.05, 4.69) is 4.90 Å². The zero-order valence-corrected chi connectivity index (χ0v) is 12.3. The molecule has 1 N–H and O–H groups in total. The van der Waals surface area contributed by atoms with E-state index >= 15 is 0 Å². The maximum Gasteiger partial charge on any atom is 0.303 e. The number of likely N-dealkylation sites (tertiary alicyclic amines) is 1. The zero-order valence-electron chi connectivity index (χ0n) is 12.3. The number of carbonyl (C=O) groups excluding carboxylic acids is 1. The van der Waals surface area contributed by atoms with Crippen LogP contribution >= 0.6 is 0 Å². The maximum atomic E-state index is 12.4. The first-order valence-electron chi connectivity index (χ1n) is 7.70. The summed E-state index contributed by atoms with van der Waals surface area (Å²) in [6.45, 7) is 2.83. The largest absolute Gasteiger partial charge is 0.481 e. The molecule has 114 valence electrons. The summed E-state index contributed by atoms with van der Waals surface area (Å²) in [5.74, 6) is -0.314. The van der Waals surface area contributed by atoms with Gasteiger partial charge in [-0.15, -0.1) is 0 Å². The van der Waals surface area contributed by atoms with Gasteiger partial charge < -0.3 is 10.0 Å². The lowest BCUT2D eigenvalue weighted by Crippen LogP contribution is -2.36. The molecule has 1 fully saturated rings. The van der Waals surface area contributed by atoms with Gasteiger partial charge in [-0.1, -0.05) is 30.3 Å². The summed E-state index contributed by atoms with van der Waals surface area (Å²) in [6, 6.07) is 9.52. The van der Waals surface area contributed by atoms with Gasteiger partial charge >= 0.3 is 5.97 Å². The van der Waals surface area contributed by atoms with E-state index in [4.69, 9.17) is 5.11 Å². The molecule has 0 radical (unpaired) electrons. The van der Waals surface area contributed by atoms with E-state index in [9.17, 15) is 9.59 Å². The first-order valence-corrected chi connectivity index (χ1v) is 7.70. The van der Waals surface area contributed by atoms with Gasteiger partial charge in [-0.2, -0.15) is 0 Å². The fraction of sp³-hybridized carbons (Fsp3) is 0.529. The number of nitrogens with zero attached hydrogens (tertiary/aromatic N) is 1. The summed E-state index contributed by atoms with van der Waals surface area (Å²) in [5, 5.41) is 8.60. The van der Waals surface area contributed by atoms with Crippen LogP contribution in [0, 0.1) is 5.92 Å². The second kappa shape index (κ2) is 7.93. The Labute approximate surface area is 125 Å². The highest BCUT2D eigenvalue weighted by Gasteiger charge is 2.25. The van der Waals surface area contributed by atoms with Crippen molar-refractivity contribution in [2.75, 3.05) is 19.6 Å². The molecule has 0 aliphatic carbocycles. The van der Waals surface area contributed by atoms with Gasteiger partial charge in [-0.25, -0.2) is 0 Å². The van der Waals surface area contributed by atoms with Gasteiger partial charge in [0.25, 0.3) is 0 Å². The smallest absolute Gasteiger partial charge is 0.303 e. The highest BCUT2D eigenvalue weighted by Crippen LogP contribution is 2.22. The van der Waals surface area contributed by atoms with Gasteiger partial charge in [-0.3, -0.25) is 9.59 Å². The number of ketones is 1. The van der Waals surface area contributed by atoms with E-state index in [-0.39, 0.29) is 18.1 Å². The molecule has 0 atom stereocenters. The van der Waals surface area contributed by atoms with E-state index in [1.165, 1.54) is 0 Å². The van der Waals surface area contributed by atoms with Crippen LogP contribution in [0.4, 0.5) is 0 Å². The SMILES string of the molecule is O=C(O)CCCCN1CCC(C(=O)c2ccccc2)CC1. The molecule has 0 saturated carbocycles. The molecule has 2 rings (SSSR count). The third kappa shape index (κ3) is 4.97. The third-order valence-corrected chi connectivity index (χ3v) is 4.13. The predicted octanol–water partition coefficient (Wildman–Crippen LogP) is 2.84. The number of rotatable bonds is 7. The number of benzene rings is 1. The van der Waals surface area contributed by atoms with Crippen LogP contribution in [0.25, 0.3) is 0 Å². The van der Waals surface area contributed by atoms with Crippen LogP contribution in [0.15, 0.2) is 30.3 Å². The molecule has 1 aromatic carbocycles. The molecule has 4 nitrogen and oxygen atoms in total. The monoisotopic (exact) mass is 289 g/mol. The number of carboxylic acid groups (broad SMARTS) is 1. The standard InChI is InChI=1S/C17H23NO3/c19-16(20)8-4-5-11-18-12-9-15(10-13-18)17(21)14-6-2-1-3-7-14/h1-3,6-7,15H,4-5,8-13H2,(H,19,20). The maximum absolute atomic E-state index is 12.4. The van der Waals surface area contributed by atoms with Crippen molar-refractivity contribution < 1.29 is 14.7 Å². The number of hydrogen-bond donors (Lipinski definition) is 1. The van der Waals surface area contributed by atoms with Crippen LogP contribution in [0.2, 0.25) is 0 Å². The second-order valence-electron chi connectivity index (χ2n) is 5.70. The zero-order chi connectivity index (χ0) is 15.1. The molecule has 21 heavy (non-hydrogen) atoms. The molecular weight excluding hydrogens is 266 g/mol. The molecule has 1 aliphatic rings. The van der Waals surface area contributed by atoms with Crippen molar-refractivity contribution in [1.29, 1.82) is 0 Å². The van der Waals surface area contributed by atoms with Gasteiger partial charge in [-0.05, 0) is 45.3 Å². The lowest BCUT2D eigenvalue weighted by atomic mass is 9.89. The lowest BCUT2D eigenvalue weighted by Gasteiger charge is -2.31. The van der Waals surface area contributed by atoms with E-state index in [0.29, 0.717) is 0 Å². The van der Waals surface area contributed by atoms with Crippen molar-refractivity contribution in [2.45, 2.75) is 32.1 Å². The number of hydrogen-bond acceptors (Lipinski definition) is 3. The van der Waals surface area contributed by atoms with Gasteiger partial charge in [0.15, 0.2) is 5.78 Å².